The highest BCUT2D eigenvalue weighted by molar-refractivity contribution is 6.35. The quantitative estimate of drug-likeness (QED) is 0.626. The SMILES string of the molecule is ClC1=Cc2c(ccc3ccccc23)N(Cl)C1. The van der Waals surface area contributed by atoms with Crippen LogP contribution in [0.4, 0.5) is 5.69 Å². The number of fused-ring (bicyclic) bond motifs is 3. The Labute approximate surface area is 104 Å². The highest BCUT2D eigenvalue weighted by Gasteiger charge is 2.17. The summed E-state index contributed by atoms with van der Waals surface area (Å²) in [6.07, 6.45) is 2.00. The number of hydrogen-bond acceptors (Lipinski definition) is 1. The first-order valence-corrected chi connectivity index (χ1v) is 5.78. The molecule has 0 saturated carbocycles. The maximum absolute atomic E-state index is 6.15. The van der Waals surface area contributed by atoms with Gasteiger partial charge in [-0.15, -0.1) is 0 Å². The topological polar surface area (TPSA) is 3.24 Å². The van der Waals surface area contributed by atoms with Gasteiger partial charge in [0, 0.05) is 22.4 Å². The third-order valence-electron chi connectivity index (χ3n) is 2.80. The van der Waals surface area contributed by atoms with Crippen molar-refractivity contribution in [1.82, 2.24) is 0 Å². The average Bonchev–Trinajstić information content (AvgIpc) is 2.28. The maximum Gasteiger partial charge on any atom is 0.0707 e. The Morgan fingerprint density at radius 1 is 1.06 bits per heavy atom. The number of rotatable bonds is 0. The van der Waals surface area contributed by atoms with Crippen molar-refractivity contribution in [3.8, 4) is 0 Å². The van der Waals surface area contributed by atoms with Crippen LogP contribution in [0.15, 0.2) is 41.4 Å². The van der Waals surface area contributed by atoms with Crippen molar-refractivity contribution in [2.45, 2.75) is 0 Å². The van der Waals surface area contributed by atoms with Crippen molar-refractivity contribution >= 4 is 45.9 Å². The molecule has 0 saturated heterocycles. The summed E-state index contributed by atoms with van der Waals surface area (Å²) in [7, 11) is 0. The molecule has 3 heteroatoms. The highest BCUT2D eigenvalue weighted by atomic mass is 35.5. The normalized spacial score (nSPS) is 14.9. The molecule has 0 aliphatic carbocycles. The van der Waals surface area contributed by atoms with E-state index in [-0.39, 0.29) is 0 Å². The smallest absolute Gasteiger partial charge is 0.0707 e. The van der Waals surface area contributed by atoms with E-state index < -0.39 is 0 Å². The summed E-state index contributed by atoms with van der Waals surface area (Å²) in [4.78, 5) is 0. The molecule has 0 radical (unpaired) electrons. The summed E-state index contributed by atoms with van der Waals surface area (Å²) in [6, 6.07) is 12.3. The fourth-order valence-electron chi connectivity index (χ4n) is 2.07. The van der Waals surface area contributed by atoms with Gasteiger partial charge in [-0.05, 0) is 22.9 Å². The molecule has 0 unspecified atom stereocenters. The van der Waals surface area contributed by atoms with Crippen LogP contribution in [-0.4, -0.2) is 6.54 Å². The predicted molar refractivity (Wildman–Crippen MR) is 71.0 cm³/mol. The van der Waals surface area contributed by atoms with E-state index in [0.717, 1.165) is 16.3 Å². The highest BCUT2D eigenvalue weighted by Crippen LogP contribution is 2.36. The predicted octanol–water partition coefficient (Wildman–Crippen LogP) is 4.39. The van der Waals surface area contributed by atoms with Gasteiger partial charge in [-0.2, -0.15) is 0 Å². The van der Waals surface area contributed by atoms with Crippen LogP contribution in [0.25, 0.3) is 16.8 Å². The zero-order chi connectivity index (χ0) is 11.1. The molecule has 1 aliphatic rings. The van der Waals surface area contributed by atoms with Crippen LogP contribution >= 0.6 is 23.4 Å². The van der Waals surface area contributed by atoms with Gasteiger partial charge in [0.1, 0.15) is 0 Å². The first kappa shape index (κ1) is 10.0. The van der Waals surface area contributed by atoms with Crippen LogP contribution in [0, 0.1) is 0 Å². The molecular weight excluding hydrogens is 241 g/mol. The van der Waals surface area contributed by atoms with Crippen LogP contribution < -0.4 is 4.42 Å². The summed E-state index contributed by atoms with van der Waals surface area (Å²) in [5, 5.41) is 3.15. The lowest BCUT2D eigenvalue weighted by molar-refractivity contribution is 1.16. The fourth-order valence-corrected chi connectivity index (χ4v) is 2.63. The Morgan fingerprint density at radius 3 is 2.75 bits per heavy atom. The largest absolute Gasteiger partial charge is 0.279 e. The molecule has 0 aromatic heterocycles. The van der Waals surface area contributed by atoms with Gasteiger partial charge in [-0.3, -0.25) is 4.42 Å². The van der Waals surface area contributed by atoms with Gasteiger partial charge >= 0.3 is 0 Å². The van der Waals surface area contributed by atoms with Gasteiger partial charge in [0.05, 0.1) is 12.2 Å². The second-order valence-electron chi connectivity index (χ2n) is 3.83. The van der Waals surface area contributed by atoms with Crippen LogP contribution in [-0.2, 0) is 0 Å². The average molecular weight is 250 g/mol. The molecule has 16 heavy (non-hydrogen) atoms. The Bertz CT molecular complexity index is 590. The van der Waals surface area contributed by atoms with E-state index in [2.05, 4.69) is 18.2 Å². The molecule has 2 aromatic carbocycles. The van der Waals surface area contributed by atoms with Crippen molar-refractivity contribution in [1.29, 1.82) is 0 Å². The lowest BCUT2D eigenvalue weighted by Gasteiger charge is -2.23. The van der Waals surface area contributed by atoms with E-state index in [0.29, 0.717) is 6.54 Å². The van der Waals surface area contributed by atoms with Gasteiger partial charge < -0.3 is 0 Å². The van der Waals surface area contributed by atoms with Gasteiger partial charge in [-0.25, -0.2) is 0 Å². The summed E-state index contributed by atoms with van der Waals surface area (Å²) in [6.45, 7) is 0.564. The van der Waals surface area contributed by atoms with E-state index in [9.17, 15) is 0 Å². The zero-order valence-corrected chi connectivity index (χ0v) is 9.96. The number of nitrogens with zero attached hydrogens (tertiary/aromatic N) is 1. The Morgan fingerprint density at radius 2 is 1.88 bits per heavy atom. The van der Waals surface area contributed by atoms with E-state index in [1.165, 1.54) is 10.8 Å². The standard InChI is InChI=1S/C13H9Cl2N/c14-10-7-12-11-4-2-1-3-9(11)5-6-13(12)16(15)8-10/h1-7H,8H2. The van der Waals surface area contributed by atoms with Crippen LogP contribution in [0.2, 0.25) is 0 Å². The summed E-state index contributed by atoms with van der Waals surface area (Å²) in [5.74, 6) is 0. The zero-order valence-electron chi connectivity index (χ0n) is 8.45. The molecule has 1 nitrogen and oxygen atoms in total. The summed E-state index contributed by atoms with van der Waals surface area (Å²) >= 11 is 12.2. The fraction of sp³-hybridized carbons (Fsp3) is 0.0769. The second kappa shape index (κ2) is 3.69. The van der Waals surface area contributed by atoms with E-state index in [1.807, 2.05) is 24.3 Å². The van der Waals surface area contributed by atoms with E-state index in [1.54, 1.807) is 4.42 Å². The lowest BCUT2D eigenvalue weighted by atomic mass is 10.0. The first-order chi connectivity index (χ1) is 7.75. The van der Waals surface area contributed by atoms with Gasteiger partial charge in [0.25, 0.3) is 0 Å². The van der Waals surface area contributed by atoms with Gasteiger partial charge in [-0.1, -0.05) is 41.9 Å². The Balaban J connectivity index is 2.39. The Kier molecular flexibility index (Phi) is 2.31. The first-order valence-electron chi connectivity index (χ1n) is 5.07. The number of halogens is 2. The minimum atomic E-state index is 0.564. The van der Waals surface area contributed by atoms with Crippen LogP contribution in [0.5, 0.6) is 0 Å². The lowest BCUT2D eigenvalue weighted by Crippen LogP contribution is -2.16. The number of hydrogen-bond donors (Lipinski definition) is 0. The van der Waals surface area contributed by atoms with Gasteiger partial charge in [0.2, 0.25) is 0 Å². The molecule has 2 aromatic rings. The molecule has 1 aliphatic heterocycles. The van der Waals surface area contributed by atoms with Crippen LogP contribution in [0.3, 0.4) is 0 Å². The van der Waals surface area contributed by atoms with Crippen molar-refractivity contribution in [3.63, 3.8) is 0 Å². The third-order valence-corrected chi connectivity index (χ3v) is 3.33. The summed E-state index contributed by atoms with van der Waals surface area (Å²) < 4.78 is 1.66. The molecule has 80 valence electrons. The van der Waals surface area contributed by atoms with Crippen molar-refractivity contribution in [2.24, 2.45) is 0 Å². The number of anilines is 1. The summed E-state index contributed by atoms with van der Waals surface area (Å²) in [5.41, 5.74) is 2.12. The van der Waals surface area contributed by atoms with Gasteiger partial charge in [0.15, 0.2) is 0 Å². The maximum atomic E-state index is 6.15. The Hall–Kier alpha value is -1.18. The molecule has 0 amide bonds. The molecule has 0 fully saturated rings. The molecule has 0 spiro atoms. The second-order valence-corrected chi connectivity index (χ2v) is 4.72. The van der Waals surface area contributed by atoms with E-state index >= 15 is 0 Å². The molecule has 1 heterocycles. The molecule has 3 rings (SSSR count). The van der Waals surface area contributed by atoms with Crippen molar-refractivity contribution in [3.05, 3.63) is 47.0 Å². The molecule has 0 bridgehead atoms. The van der Waals surface area contributed by atoms with E-state index in [4.69, 9.17) is 23.4 Å². The third kappa shape index (κ3) is 1.48. The molecular formula is C13H9Cl2N. The minimum absolute atomic E-state index is 0.564. The van der Waals surface area contributed by atoms with Crippen LogP contribution in [0.1, 0.15) is 5.56 Å². The number of benzene rings is 2. The monoisotopic (exact) mass is 249 g/mol. The van der Waals surface area contributed by atoms with Crippen molar-refractivity contribution in [2.75, 3.05) is 11.0 Å². The van der Waals surface area contributed by atoms with Crippen molar-refractivity contribution < 1.29 is 0 Å². The molecule has 0 atom stereocenters. The molecule has 0 N–H and O–H groups in total. The minimum Gasteiger partial charge on any atom is -0.279 e.